The molecule has 1 atom stereocenters. The number of likely N-dealkylation sites (tertiary alicyclic amines) is 2. The van der Waals surface area contributed by atoms with E-state index in [0.29, 0.717) is 74.7 Å². The van der Waals surface area contributed by atoms with Crippen LogP contribution in [0.5, 0.6) is 0 Å². The molecule has 3 saturated heterocycles. The number of fused-ring (bicyclic) bond motifs is 2. The minimum Gasteiger partial charge on any atom is -0.448 e. The molecule has 0 aliphatic carbocycles. The number of aromatic nitrogens is 3. The quantitative estimate of drug-likeness (QED) is 0.0957. The van der Waals surface area contributed by atoms with E-state index in [1.54, 1.807) is 15.7 Å². The molecule has 3 fully saturated rings. The molecule has 0 radical (unpaired) electrons. The number of ether oxygens (including phenoxy) is 2. The molecule has 0 spiro atoms. The molecular formula is C49H68N8O7. The Hall–Kier alpha value is -5.28. The van der Waals surface area contributed by atoms with Crippen LogP contribution in [0.25, 0.3) is 21.8 Å². The molecule has 2 aromatic heterocycles. The van der Waals surface area contributed by atoms with E-state index in [9.17, 15) is 24.0 Å². The fourth-order valence-corrected chi connectivity index (χ4v) is 9.73. The number of amides is 3. The van der Waals surface area contributed by atoms with Crippen molar-refractivity contribution in [1.82, 2.24) is 39.3 Å². The summed E-state index contributed by atoms with van der Waals surface area (Å²) in [6.45, 7) is 12.0. The Morgan fingerprint density at radius 2 is 1.53 bits per heavy atom. The largest absolute Gasteiger partial charge is 0.448 e. The van der Waals surface area contributed by atoms with Gasteiger partial charge in [0.25, 0.3) is 5.56 Å². The van der Waals surface area contributed by atoms with Crippen molar-refractivity contribution in [2.45, 2.75) is 123 Å². The maximum absolute atomic E-state index is 14.5. The van der Waals surface area contributed by atoms with Crippen molar-refractivity contribution in [3.05, 3.63) is 75.7 Å². The van der Waals surface area contributed by atoms with Gasteiger partial charge in [0.1, 0.15) is 6.04 Å². The van der Waals surface area contributed by atoms with Gasteiger partial charge in [0.05, 0.1) is 23.8 Å². The standard InChI is InChI=1S/C49H68N8O7/c1-5-7-9-15-44(58)64-34-56-43-14-11-10-13-38(43)32-41(46(56)59)37-16-22-55(23-17-37)48(61)51-42(47(60)54-26-24-53(25-27-54)40-18-20-52(4)21-19-40)31-36-29-35(3)45-39(30-36)33-50-57(45)49(62)63-28-12-8-6-2/h10-11,13-14,29-30,32-33,37,40,42H,5-9,12,15-28,31,34H2,1-4H3,(H,51,61)/t42-/m1/s1. The Labute approximate surface area is 377 Å². The summed E-state index contributed by atoms with van der Waals surface area (Å²) in [7, 11) is 2.17. The van der Waals surface area contributed by atoms with Crippen molar-refractivity contribution < 1.29 is 28.7 Å². The molecule has 15 nitrogen and oxygen atoms in total. The number of pyridine rings is 1. The molecule has 0 bridgehead atoms. The van der Waals surface area contributed by atoms with Crippen molar-refractivity contribution in [1.29, 1.82) is 0 Å². The molecule has 64 heavy (non-hydrogen) atoms. The van der Waals surface area contributed by atoms with Gasteiger partial charge in [0, 0.05) is 69.1 Å². The summed E-state index contributed by atoms with van der Waals surface area (Å²) < 4.78 is 14.0. The van der Waals surface area contributed by atoms with Crippen LogP contribution in [0.15, 0.2) is 53.5 Å². The van der Waals surface area contributed by atoms with Crippen LogP contribution in [-0.2, 0) is 32.2 Å². The van der Waals surface area contributed by atoms with E-state index in [4.69, 9.17) is 9.47 Å². The number of benzene rings is 2. The van der Waals surface area contributed by atoms with E-state index in [1.807, 2.05) is 54.3 Å². The van der Waals surface area contributed by atoms with Gasteiger partial charge in [0.2, 0.25) is 5.91 Å². The van der Waals surface area contributed by atoms with Gasteiger partial charge in [-0.2, -0.15) is 9.78 Å². The normalized spacial score (nSPS) is 17.5. The highest BCUT2D eigenvalue weighted by molar-refractivity contribution is 5.91. The number of para-hydroxylation sites is 1. The Morgan fingerprint density at radius 1 is 0.812 bits per heavy atom. The number of urea groups is 1. The zero-order valence-corrected chi connectivity index (χ0v) is 38.4. The van der Waals surface area contributed by atoms with Crippen LogP contribution in [0.2, 0.25) is 0 Å². The first kappa shape index (κ1) is 46.7. The van der Waals surface area contributed by atoms with Gasteiger partial charge in [-0.1, -0.05) is 63.8 Å². The highest BCUT2D eigenvalue weighted by Gasteiger charge is 2.34. The zero-order chi connectivity index (χ0) is 45.2. The van der Waals surface area contributed by atoms with Crippen LogP contribution in [0, 0.1) is 6.92 Å². The molecule has 7 rings (SSSR count). The summed E-state index contributed by atoms with van der Waals surface area (Å²) in [5.41, 5.74) is 3.49. The second-order valence-electron chi connectivity index (χ2n) is 18.1. The monoisotopic (exact) mass is 881 g/mol. The maximum atomic E-state index is 14.5. The SMILES string of the molecule is CCCCCOC(=O)n1ncc2cc(C[C@@H](NC(=O)N3CCC(c4cc5ccccc5n(COC(=O)CCCCC)c4=O)CC3)C(=O)N3CCN(C4CCN(C)CC4)CC3)cc(C)c21. The highest BCUT2D eigenvalue weighted by atomic mass is 16.6. The van der Waals surface area contributed by atoms with Gasteiger partial charge in [-0.05, 0) is 106 Å². The lowest BCUT2D eigenvalue weighted by Crippen LogP contribution is -2.59. The van der Waals surface area contributed by atoms with Crippen LogP contribution in [0.1, 0.15) is 107 Å². The lowest BCUT2D eigenvalue weighted by Gasteiger charge is -2.43. The summed E-state index contributed by atoms with van der Waals surface area (Å²) in [4.78, 5) is 76.8. The molecule has 1 N–H and O–H groups in total. The third-order valence-corrected chi connectivity index (χ3v) is 13.5. The van der Waals surface area contributed by atoms with E-state index in [0.717, 1.165) is 99.4 Å². The van der Waals surface area contributed by atoms with Crippen molar-refractivity contribution in [3.8, 4) is 0 Å². The topological polar surface area (TPSA) is 152 Å². The number of nitrogens with one attached hydrogen (secondary N) is 1. The van der Waals surface area contributed by atoms with Crippen LogP contribution in [-0.4, -0.2) is 136 Å². The second-order valence-corrected chi connectivity index (χ2v) is 18.1. The fourth-order valence-electron chi connectivity index (χ4n) is 9.73. The second kappa shape index (κ2) is 22.1. The Balaban J connectivity index is 1.05. The van der Waals surface area contributed by atoms with Crippen molar-refractivity contribution >= 4 is 45.8 Å². The molecule has 2 aromatic carbocycles. The number of carbonyl (C=O) groups excluding carboxylic acids is 4. The molecule has 15 heteroatoms. The number of hydrogen-bond acceptors (Lipinski definition) is 10. The van der Waals surface area contributed by atoms with Crippen LogP contribution >= 0.6 is 0 Å². The van der Waals surface area contributed by atoms with Crippen LogP contribution < -0.4 is 10.9 Å². The van der Waals surface area contributed by atoms with Crippen LogP contribution in [0.4, 0.5) is 9.59 Å². The summed E-state index contributed by atoms with van der Waals surface area (Å²) in [5.74, 6) is -0.531. The minimum absolute atomic E-state index is 0.102. The minimum atomic E-state index is -0.826. The summed E-state index contributed by atoms with van der Waals surface area (Å²) in [5, 5.41) is 9.15. The first-order chi connectivity index (χ1) is 31.0. The molecule has 346 valence electrons. The molecule has 0 unspecified atom stereocenters. The third kappa shape index (κ3) is 11.3. The van der Waals surface area contributed by atoms with E-state index >= 15 is 0 Å². The molecule has 3 aliphatic rings. The first-order valence-corrected chi connectivity index (χ1v) is 23.7. The van der Waals surface area contributed by atoms with Gasteiger partial charge in [-0.15, -0.1) is 0 Å². The summed E-state index contributed by atoms with van der Waals surface area (Å²) >= 11 is 0. The molecule has 3 amide bonds. The van der Waals surface area contributed by atoms with E-state index in [1.165, 1.54) is 4.68 Å². The van der Waals surface area contributed by atoms with Crippen molar-refractivity contribution in [3.63, 3.8) is 0 Å². The molecule has 5 heterocycles. The Kier molecular flexibility index (Phi) is 16.1. The summed E-state index contributed by atoms with van der Waals surface area (Å²) in [6.07, 6.45) is 10.6. The van der Waals surface area contributed by atoms with Gasteiger partial charge >= 0.3 is 18.1 Å². The van der Waals surface area contributed by atoms with Crippen LogP contribution in [0.3, 0.4) is 0 Å². The smallest absolute Gasteiger partial charge is 0.435 e. The number of hydrogen-bond donors (Lipinski definition) is 1. The number of carbonyl (C=O) groups is 4. The van der Waals surface area contributed by atoms with Gasteiger partial charge in [-0.25, -0.2) is 9.59 Å². The summed E-state index contributed by atoms with van der Waals surface area (Å²) in [6, 6.07) is 12.8. The van der Waals surface area contributed by atoms with Gasteiger partial charge in [0.15, 0.2) is 6.73 Å². The van der Waals surface area contributed by atoms with E-state index in [2.05, 4.69) is 41.1 Å². The number of unbranched alkanes of at least 4 members (excludes halogenated alkanes) is 4. The first-order valence-electron chi connectivity index (χ1n) is 23.7. The number of esters is 1. The van der Waals surface area contributed by atoms with Crippen molar-refractivity contribution in [2.75, 3.05) is 66.0 Å². The average molecular weight is 881 g/mol. The maximum Gasteiger partial charge on any atom is 0.435 e. The van der Waals surface area contributed by atoms with Gasteiger partial charge < -0.3 is 29.5 Å². The lowest BCUT2D eigenvalue weighted by molar-refractivity contribution is -0.147. The molecule has 0 saturated carbocycles. The number of nitrogens with zero attached hydrogens (tertiary/aromatic N) is 7. The number of aryl methyl sites for hydroxylation is 1. The molecule has 4 aromatic rings. The number of piperazine rings is 1. The molecular weight excluding hydrogens is 813 g/mol. The van der Waals surface area contributed by atoms with Crippen molar-refractivity contribution in [2.24, 2.45) is 0 Å². The predicted octanol–water partition coefficient (Wildman–Crippen LogP) is 6.65. The zero-order valence-electron chi connectivity index (χ0n) is 38.4. The predicted molar refractivity (Wildman–Crippen MR) is 247 cm³/mol. The Morgan fingerprint density at radius 3 is 2.27 bits per heavy atom. The fraction of sp³-hybridized carbons (Fsp3) is 0.592. The lowest BCUT2D eigenvalue weighted by atomic mass is 9.89. The van der Waals surface area contributed by atoms with Gasteiger partial charge in [-0.3, -0.25) is 23.9 Å². The number of piperidine rings is 2. The third-order valence-electron chi connectivity index (χ3n) is 13.5. The number of rotatable bonds is 16. The van der Waals surface area contributed by atoms with E-state index in [-0.39, 0.29) is 42.5 Å². The Bertz CT molecular complexity index is 2300. The average Bonchev–Trinajstić information content (AvgIpc) is 3.75. The van der Waals surface area contributed by atoms with E-state index < -0.39 is 12.1 Å². The molecule has 3 aliphatic heterocycles. The highest BCUT2D eigenvalue weighted by Crippen LogP contribution is 2.29.